The second-order valence-electron chi connectivity index (χ2n) is 13.9. The van der Waals surface area contributed by atoms with E-state index in [1.54, 1.807) is 19.1 Å². The minimum atomic E-state index is -4.89. The van der Waals surface area contributed by atoms with Gasteiger partial charge in [-0.05, 0) is 82.7 Å². The van der Waals surface area contributed by atoms with Crippen LogP contribution in [-0.2, 0) is 30.3 Å². The van der Waals surface area contributed by atoms with Crippen LogP contribution in [0.15, 0.2) is 95.3 Å². The van der Waals surface area contributed by atoms with Gasteiger partial charge in [0.05, 0.1) is 21.0 Å². The summed E-state index contributed by atoms with van der Waals surface area (Å²) in [4.78, 5) is 33.2. The molecule has 280 valence electrons. The number of hydrogen-bond acceptors (Lipinski definition) is 5. The zero-order valence-corrected chi connectivity index (χ0v) is 32.1. The van der Waals surface area contributed by atoms with Crippen molar-refractivity contribution in [2.45, 2.75) is 101 Å². The summed E-state index contributed by atoms with van der Waals surface area (Å²) in [6, 6.07) is 12.5. The highest BCUT2D eigenvalue weighted by Crippen LogP contribution is 2.62. The molecule has 0 fully saturated rings. The largest absolute Gasteiger partial charge is 0.481 e. The second-order valence-corrected chi connectivity index (χ2v) is 17.0. The number of para-hydroxylation sites is 1. The molecule has 0 saturated carbocycles. The average molecular weight is 752 g/mol. The van der Waals surface area contributed by atoms with Crippen LogP contribution in [0.25, 0.3) is 0 Å². The van der Waals surface area contributed by atoms with Gasteiger partial charge in [0.2, 0.25) is 5.69 Å². The van der Waals surface area contributed by atoms with Crippen molar-refractivity contribution in [1.29, 1.82) is 0 Å². The lowest BCUT2D eigenvalue weighted by Gasteiger charge is -2.32. The first-order chi connectivity index (χ1) is 24.5. The summed E-state index contributed by atoms with van der Waals surface area (Å²) in [6.07, 6.45) is 16.9. The quantitative estimate of drug-likeness (QED) is 0.0364. The van der Waals surface area contributed by atoms with E-state index in [0.29, 0.717) is 42.8 Å². The number of rotatable bonds is 19. The molecule has 2 heterocycles. The van der Waals surface area contributed by atoms with Crippen molar-refractivity contribution in [1.82, 2.24) is 0 Å². The normalized spacial score (nSPS) is 21.1. The Balaban J connectivity index is 1.77. The molecule has 12 heteroatoms. The number of allylic oxidation sites excluding steroid dienone is 6. The summed E-state index contributed by atoms with van der Waals surface area (Å²) in [6.45, 7) is 16.9. The van der Waals surface area contributed by atoms with Gasteiger partial charge in [0.1, 0.15) is 6.54 Å². The van der Waals surface area contributed by atoms with Crippen molar-refractivity contribution in [3.63, 3.8) is 0 Å². The van der Waals surface area contributed by atoms with E-state index < -0.39 is 39.3 Å². The fraction of sp³-hybridized carbons (Fsp3) is 0.425. The number of carboxylic acids is 1. The minimum absolute atomic E-state index is 0.157. The van der Waals surface area contributed by atoms with Crippen molar-refractivity contribution in [3.8, 4) is 0 Å². The van der Waals surface area contributed by atoms with E-state index in [0.717, 1.165) is 50.8 Å². The molecule has 0 amide bonds. The first kappa shape index (κ1) is 41.2. The Morgan fingerprint density at radius 1 is 1.00 bits per heavy atom. The third kappa shape index (κ3) is 8.77. The molecule has 2 aliphatic heterocycles. The monoisotopic (exact) mass is 751 g/mol. The molecule has 0 spiro atoms. The van der Waals surface area contributed by atoms with E-state index in [9.17, 15) is 32.1 Å². The highest BCUT2D eigenvalue weighted by atomic mass is 32.2. The van der Waals surface area contributed by atoms with Crippen LogP contribution in [-0.4, -0.2) is 57.2 Å². The van der Waals surface area contributed by atoms with Crippen LogP contribution in [0.2, 0.25) is 0 Å². The van der Waals surface area contributed by atoms with Crippen molar-refractivity contribution in [3.05, 3.63) is 108 Å². The minimum Gasteiger partial charge on any atom is -0.481 e. The number of aliphatic carboxylic acids is 1. The summed E-state index contributed by atoms with van der Waals surface area (Å²) >= 11 is 0. The number of carboxylic acid groups (broad SMARTS) is 1. The molecule has 2 radical (unpaired) electrons. The molecule has 10 nitrogen and oxygen atoms in total. The maximum absolute atomic E-state index is 12.7. The van der Waals surface area contributed by atoms with Gasteiger partial charge in [-0.3, -0.25) is 13.9 Å². The Morgan fingerprint density at radius 2 is 1.73 bits per heavy atom. The molecule has 2 unspecified atom stereocenters. The van der Waals surface area contributed by atoms with Gasteiger partial charge >= 0.3 is 13.6 Å². The summed E-state index contributed by atoms with van der Waals surface area (Å²) in [5.74, 6) is -0.783. The molecule has 4 N–H and O–H groups in total. The number of unbranched alkanes of at least 4 members (excludes halogenated alkanes) is 5. The van der Waals surface area contributed by atoms with Gasteiger partial charge < -0.3 is 19.8 Å². The number of hydrogen-bond donors (Lipinski definition) is 4. The van der Waals surface area contributed by atoms with E-state index in [-0.39, 0.29) is 11.8 Å². The zero-order valence-electron chi connectivity index (χ0n) is 30.4. The Labute approximate surface area is 308 Å². The number of nitrogens with zero attached hydrogens (tertiary/aromatic N) is 2. The van der Waals surface area contributed by atoms with Crippen molar-refractivity contribution < 1.29 is 41.8 Å². The van der Waals surface area contributed by atoms with E-state index in [4.69, 9.17) is 12.0 Å². The number of fused-ring (bicyclic) bond motifs is 2. The molecule has 4 rings (SSSR count). The van der Waals surface area contributed by atoms with Gasteiger partial charge in [-0.2, -0.15) is 13.0 Å². The second kappa shape index (κ2) is 17.0. The lowest BCUT2D eigenvalue weighted by atomic mass is 9.75. The summed E-state index contributed by atoms with van der Waals surface area (Å²) in [5.41, 5.74) is 3.07. The topological polar surface area (TPSA) is 155 Å². The Kier molecular flexibility index (Phi) is 13.5. The van der Waals surface area contributed by atoms with E-state index in [2.05, 4.69) is 55.3 Å². The predicted octanol–water partition coefficient (Wildman–Crippen LogP) is 8.47. The fourth-order valence-electron chi connectivity index (χ4n) is 7.52. The van der Waals surface area contributed by atoms with Gasteiger partial charge in [-0.15, -0.1) is 0 Å². The molecule has 0 aliphatic carbocycles. The summed E-state index contributed by atoms with van der Waals surface area (Å²) in [5, 5.41) is 8.71. The van der Waals surface area contributed by atoms with Crippen molar-refractivity contribution in [2.24, 2.45) is 0 Å². The van der Waals surface area contributed by atoms with Crippen LogP contribution in [0, 0.1) is 6.92 Å². The van der Waals surface area contributed by atoms with Crippen molar-refractivity contribution >= 4 is 40.8 Å². The van der Waals surface area contributed by atoms with Gasteiger partial charge in [-0.25, -0.2) is 0 Å². The van der Waals surface area contributed by atoms with Crippen LogP contribution in [0.4, 0.5) is 11.4 Å². The molecule has 0 aromatic heterocycles. The molecule has 0 bridgehead atoms. The van der Waals surface area contributed by atoms with Crippen LogP contribution in [0.1, 0.15) is 96.1 Å². The van der Waals surface area contributed by atoms with E-state index in [1.807, 2.05) is 17.1 Å². The summed E-state index contributed by atoms with van der Waals surface area (Å²) < 4.78 is 49.2. The highest BCUT2D eigenvalue weighted by Gasteiger charge is 2.50. The molecule has 52 heavy (non-hydrogen) atoms. The van der Waals surface area contributed by atoms with E-state index in [1.165, 1.54) is 29.4 Å². The molecular weight excluding hydrogens is 699 g/mol. The Bertz CT molecular complexity index is 1940. The van der Waals surface area contributed by atoms with Crippen molar-refractivity contribution in [2.75, 3.05) is 18.0 Å². The fourth-order valence-corrected chi connectivity index (χ4v) is 8.84. The van der Waals surface area contributed by atoms with Crippen LogP contribution in [0.3, 0.4) is 0 Å². The smallest absolute Gasteiger partial charge is 0.352 e. The zero-order chi connectivity index (χ0) is 38.3. The molecule has 0 saturated heterocycles. The maximum atomic E-state index is 12.7. The van der Waals surface area contributed by atoms with Gasteiger partial charge in [0.25, 0.3) is 10.1 Å². The SMILES string of the molecule is [CH]CCCN1\C(=C/C=C/C=C/C2=[N+](CCCCC)c3ccccc3C2(C)CCCCCC(=O)O)C(C)(C(=C)P(=O)(O)O)c2cc(S(=O)(=O)O)ccc21. The average Bonchev–Trinajstić information content (AvgIpc) is 3.46. The standard InChI is InChI=1S/C40H51N2O8PS/c1-6-8-18-28-41-34-20-16-15-19-32(34)39(4,26-17-11-14-23-38(43)44)36(41)21-12-10-13-22-37-40(5,30(3)51(45,46)47)33-29-31(52(48,49)50)24-25-35(33)42(37)27-9-7-2/h2,10,12-13,15-16,19-22,24-25,29H,3,6-9,11,14,17-18,23,26-28H2,1,4-5H3,(H3-,43,44,45,46,47,48,49,50)/p+1. The number of benzene rings is 2. The molecule has 2 atom stereocenters. The third-order valence-corrected chi connectivity index (χ3v) is 12.3. The molecule has 2 aromatic rings. The van der Waals surface area contributed by atoms with Crippen LogP contribution in [0.5, 0.6) is 0 Å². The molecule has 2 aliphatic rings. The lowest BCUT2D eigenvalue weighted by Crippen LogP contribution is -2.31. The number of carbonyl (C=O) groups is 1. The Morgan fingerprint density at radius 3 is 2.38 bits per heavy atom. The van der Waals surface area contributed by atoms with E-state index >= 15 is 0 Å². The molecular formula is C40H52N2O8PS+. The van der Waals surface area contributed by atoms with Gasteiger partial charge in [-0.1, -0.05) is 69.2 Å². The first-order valence-electron chi connectivity index (χ1n) is 17.9. The lowest BCUT2D eigenvalue weighted by molar-refractivity contribution is -0.438. The van der Waals surface area contributed by atoms with Crippen LogP contribution >= 0.6 is 7.60 Å². The maximum Gasteiger partial charge on any atom is 0.352 e. The number of anilines is 1. The highest BCUT2D eigenvalue weighted by molar-refractivity contribution is 7.85. The Hall–Kier alpha value is -3.60. The first-order valence-corrected chi connectivity index (χ1v) is 20.9. The predicted molar refractivity (Wildman–Crippen MR) is 206 cm³/mol. The van der Waals surface area contributed by atoms with Crippen LogP contribution < -0.4 is 4.90 Å². The van der Waals surface area contributed by atoms with Gasteiger partial charge in [0, 0.05) is 48.5 Å². The molecule has 2 aromatic carbocycles. The van der Waals surface area contributed by atoms with Gasteiger partial charge in [0.15, 0.2) is 5.71 Å². The summed E-state index contributed by atoms with van der Waals surface area (Å²) in [7, 11) is -9.50. The third-order valence-electron chi connectivity index (χ3n) is 10.3.